The molecule has 3 rings (SSSR count). The quantitative estimate of drug-likeness (QED) is 0.899. The average Bonchev–Trinajstić information content (AvgIpc) is 2.80. The summed E-state index contributed by atoms with van der Waals surface area (Å²) >= 11 is 0. The summed E-state index contributed by atoms with van der Waals surface area (Å²) in [6, 6.07) is 4.25. The highest BCUT2D eigenvalue weighted by Crippen LogP contribution is 2.38. The zero-order chi connectivity index (χ0) is 14.2. The van der Waals surface area contributed by atoms with Crippen LogP contribution in [0.1, 0.15) is 44.7 Å². The predicted molar refractivity (Wildman–Crippen MR) is 79.8 cm³/mol. The number of pyridine rings is 1. The van der Waals surface area contributed by atoms with E-state index in [-0.39, 0.29) is 11.3 Å². The Balaban J connectivity index is 1.78. The summed E-state index contributed by atoms with van der Waals surface area (Å²) in [5.74, 6) is 0.700. The number of anilines is 1. The fourth-order valence-electron chi connectivity index (χ4n) is 3.38. The second kappa shape index (κ2) is 5.08. The summed E-state index contributed by atoms with van der Waals surface area (Å²) < 4.78 is 0. The molecule has 1 aromatic heterocycles. The van der Waals surface area contributed by atoms with Gasteiger partial charge in [0.1, 0.15) is 0 Å². The van der Waals surface area contributed by atoms with Crippen LogP contribution in [0.5, 0.6) is 0 Å². The minimum Gasteiger partial charge on any atom is -0.369 e. The van der Waals surface area contributed by atoms with Gasteiger partial charge in [0, 0.05) is 25.3 Å². The van der Waals surface area contributed by atoms with Gasteiger partial charge >= 0.3 is 0 Å². The van der Waals surface area contributed by atoms with Gasteiger partial charge in [-0.15, -0.1) is 0 Å². The summed E-state index contributed by atoms with van der Waals surface area (Å²) in [6.45, 7) is 7.00. The van der Waals surface area contributed by atoms with E-state index in [0.29, 0.717) is 5.92 Å². The van der Waals surface area contributed by atoms with Crippen molar-refractivity contribution in [3.05, 3.63) is 24.0 Å². The highest BCUT2D eigenvalue weighted by atomic mass is 16.2. The summed E-state index contributed by atoms with van der Waals surface area (Å²) in [7, 11) is 0. The third kappa shape index (κ3) is 2.28. The molecular weight excluding hydrogens is 250 g/mol. The van der Waals surface area contributed by atoms with Gasteiger partial charge in [-0.3, -0.25) is 9.78 Å². The van der Waals surface area contributed by atoms with Crippen LogP contribution in [-0.2, 0) is 4.79 Å². The SMILES string of the molecule is CC(C)c1ccc(N2CCCC3(CCNC3=O)C2)cn1. The molecule has 0 radical (unpaired) electrons. The van der Waals surface area contributed by atoms with Crippen molar-refractivity contribution in [2.24, 2.45) is 5.41 Å². The van der Waals surface area contributed by atoms with Gasteiger partial charge in [0.15, 0.2) is 0 Å². The normalized spacial score (nSPS) is 26.4. The first-order valence-electron chi connectivity index (χ1n) is 7.60. The largest absolute Gasteiger partial charge is 0.369 e. The van der Waals surface area contributed by atoms with Gasteiger partial charge < -0.3 is 10.2 Å². The molecule has 2 fully saturated rings. The van der Waals surface area contributed by atoms with Gasteiger partial charge in [-0.05, 0) is 37.3 Å². The van der Waals surface area contributed by atoms with E-state index in [4.69, 9.17) is 0 Å². The molecule has 1 spiro atoms. The third-order valence-corrected chi connectivity index (χ3v) is 4.68. The number of nitrogens with one attached hydrogen (secondary N) is 1. The highest BCUT2D eigenvalue weighted by Gasteiger charge is 2.45. The Morgan fingerprint density at radius 2 is 2.20 bits per heavy atom. The van der Waals surface area contributed by atoms with Crippen LogP contribution < -0.4 is 10.2 Å². The second-order valence-electron chi connectivity index (χ2n) is 6.41. The average molecular weight is 273 g/mol. The summed E-state index contributed by atoms with van der Waals surface area (Å²) in [5.41, 5.74) is 2.11. The van der Waals surface area contributed by atoms with Crippen LogP contribution in [0.15, 0.2) is 18.3 Å². The van der Waals surface area contributed by atoms with Crippen LogP contribution in [0.25, 0.3) is 0 Å². The molecule has 0 aromatic carbocycles. The molecular formula is C16H23N3O. The number of carbonyl (C=O) groups is 1. The van der Waals surface area contributed by atoms with Crippen LogP contribution >= 0.6 is 0 Å². The summed E-state index contributed by atoms with van der Waals surface area (Å²) in [6.07, 6.45) is 5.03. The Morgan fingerprint density at radius 1 is 1.35 bits per heavy atom. The molecule has 1 atom stereocenters. The van der Waals surface area contributed by atoms with E-state index in [2.05, 4.69) is 41.2 Å². The zero-order valence-electron chi connectivity index (χ0n) is 12.4. The maximum Gasteiger partial charge on any atom is 0.228 e. The van der Waals surface area contributed by atoms with E-state index >= 15 is 0 Å². The Bertz CT molecular complexity index is 497. The summed E-state index contributed by atoms with van der Waals surface area (Å²) in [4.78, 5) is 19.0. The van der Waals surface area contributed by atoms with Gasteiger partial charge in [0.25, 0.3) is 0 Å². The smallest absolute Gasteiger partial charge is 0.228 e. The number of piperidine rings is 1. The van der Waals surface area contributed by atoms with E-state index in [1.54, 1.807) is 0 Å². The van der Waals surface area contributed by atoms with Crippen LogP contribution in [0.3, 0.4) is 0 Å². The van der Waals surface area contributed by atoms with Gasteiger partial charge in [0.2, 0.25) is 5.91 Å². The van der Waals surface area contributed by atoms with Crippen LogP contribution in [0, 0.1) is 5.41 Å². The van der Waals surface area contributed by atoms with Crippen molar-refractivity contribution in [3.8, 4) is 0 Å². The van der Waals surface area contributed by atoms with Crippen molar-refractivity contribution in [2.45, 2.75) is 39.0 Å². The Kier molecular flexibility index (Phi) is 3.40. The lowest BCUT2D eigenvalue weighted by atomic mass is 9.78. The van der Waals surface area contributed by atoms with Crippen molar-refractivity contribution in [1.82, 2.24) is 10.3 Å². The fourth-order valence-corrected chi connectivity index (χ4v) is 3.38. The molecule has 3 heterocycles. The van der Waals surface area contributed by atoms with Crippen LogP contribution in [0.2, 0.25) is 0 Å². The molecule has 2 saturated heterocycles. The van der Waals surface area contributed by atoms with Crippen molar-refractivity contribution in [3.63, 3.8) is 0 Å². The molecule has 108 valence electrons. The van der Waals surface area contributed by atoms with E-state index in [9.17, 15) is 4.79 Å². The van der Waals surface area contributed by atoms with Gasteiger partial charge in [-0.25, -0.2) is 0 Å². The molecule has 20 heavy (non-hydrogen) atoms. The number of aromatic nitrogens is 1. The number of carbonyl (C=O) groups excluding carboxylic acids is 1. The lowest BCUT2D eigenvalue weighted by Crippen LogP contribution is -2.47. The molecule has 1 N–H and O–H groups in total. The number of rotatable bonds is 2. The number of nitrogens with zero attached hydrogens (tertiary/aromatic N) is 2. The first kappa shape index (κ1) is 13.4. The van der Waals surface area contributed by atoms with E-state index < -0.39 is 0 Å². The highest BCUT2D eigenvalue weighted by molar-refractivity contribution is 5.85. The number of amides is 1. The Morgan fingerprint density at radius 3 is 2.80 bits per heavy atom. The standard InChI is InChI=1S/C16H23N3O/c1-12(2)14-5-4-13(10-18-14)19-9-3-6-16(11-19)7-8-17-15(16)20/h4-5,10,12H,3,6-9,11H2,1-2H3,(H,17,20). The summed E-state index contributed by atoms with van der Waals surface area (Å²) in [5, 5.41) is 2.99. The molecule has 1 unspecified atom stereocenters. The maximum absolute atomic E-state index is 12.1. The fraction of sp³-hybridized carbons (Fsp3) is 0.625. The van der Waals surface area contributed by atoms with E-state index in [1.165, 1.54) is 0 Å². The maximum atomic E-state index is 12.1. The zero-order valence-corrected chi connectivity index (χ0v) is 12.4. The molecule has 2 aliphatic rings. The monoisotopic (exact) mass is 273 g/mol. The molecule has 4 nitrogen and oxygen atoms in total. The number of hydrogen-bond donors (Lipinski definition) is 1. The predicted octanol–water partition coefficient (Wildman–Crippen LogP) is 2.31. The van der Waals surface area contributed by atoms with Crippen LogP contribution in [0.4, 0.5) is 5.69 Å². The van der Waals surface area contributed by atoms with Crippen molar-refractivity contribution < 1.29 is 4.79 Å². The van der Waals surface area contributed by atoms with Gasteiger partial charge in [0.05, 0.1) is 17.3 Å². The molecule has 0 saturated carbocycles. The first-order chi connectivity index (χ1) is 9.61. The minimum absolute atomic E-state index is 0.158. The Hall–Kier alpha value is -1.58. The minimum atomic E-state index is -0.158. The van der Waals surface area contributed by atoms with Crippen LogP contribution in [-0.4, -0.2) is 30.5 Å². The molecule has 0 bridgehead atoms. The molecule has 0 aliphatic carbocycles. The third-order valence-electron chi connectivity index (χ3n) is 4.68. The lowest BCUT2D eigenvalue weighted by molar-refractivity contribution is -0.128. The van der Waals surface area contributed by atoms with Crippen molar-refractivity contribution >= 4 is 11.6 Å². The topological polar surface area (TPSA) is 45.2 Å². The molecule has 4 heteroatoms. The molecule has 2 aliphatic heterocycles. The van der Waals surface area contributed by atoms with E-state index in [0.717, 1.165) is 50.3 Å². The van der Waals surface area contributed by atoms with Crippen molar-refractivity contribution in [2.75, 3.05) is 24.5 Å². The molecule has 1 amide bonds. The lowest BCUT2D eigenvalue weighted by Gasteiger charge is -2.39. The first-order valence-corrected chi connectivity index (χ1v) is 7.60. The van der Waals surface area contributed by atoms with E-state index in [1.807, 2.05) is 6.20 Å². The van der Waals surface area contributed by atoms with Crippen molar-refractivity contribution in [1.29, 1.82) is 0 Å². The second-order valence-corrected chi connectivity index (χ2v) is 6.41. The van der Waals surface area contributed by atoms with Gasteiger partial charge in [-0.2, -0.15) is 0 Å². The molecule has 1 aromatic rings. The van der Waals surface area contributed by atoms with Gasteiger partial charge in [-0.1, -0.05) is 13.8 Å². The number of hydrogen-bond acceptors (Lipinski definition) is 3. The Labute approximate surface area is 120 Å².